The summed E-state index contributed by atoms with van der Waals surface area (Å²) in [5, 5.41) is 14.0. The molecule has 5 rings (SSSR count). The smallest absolute Gasteiger partial charge is 0.378 e. The molecule has 0 aliphatic carbocycles. The number of hydrogen-bond donors (Lipinski definition) is 2. The number of hydroxylamine groups is 2. The number of aromatic nitrogens is 3. The van der Waals surface area contributed by atoms with Crippen LogP contribution in [0.1, 0.15) is 40.1 Å². The van der Waals surface area contributed by atoms with Crippen molar-refractivity contribution in [2.75, 3.05) is 43.6 Å². The highest BCUT2D eigenvalue weighted by Gasteiger charge is 2.35. The quantitative estimate of drug-likeness (QED) is 0.287. The first-order valence-corrected chi connectivity index (χ1v) is 12.1. The van der Waals surface area contributed by atoms with Gasteiger partial charge in [0.25, 0.3) is 5.91 Å². The van der Waals surface area contributed by atoms with Crippen molar-refractivity contribution in [3.05, 3.63) is 65.0 Å². The lowest BCUT2D eigenvalue weighted by atomic mass is 10.0. The summed E-state index contributed by atoms with van der Waals surface area (Å²) in [6.07, 6.45) is -3.62. The Balaban J connectivity index is 1.68. The van der Waals surface area contributed by atoms with Crippen molar-refractivity contribution in [2.24, 2.45) is 0 Å². The minimum absolute atomic E-state index is 0.165. The second-order valence-electron chi connectivity index (χ2n) is 9.32. The summed E-state index contributed by atoms with van der Waals surface area (Å²) in [6, 6.07) is 10.1. The van der Waals surface area contributed by atoms with Crippen LogP contribution in [0.3, 0.4) is 0 Å². The molecule has 0 spiro atoms. The molecule has 1 saturated heterocycles. The third-order valence-electron chi connectivity index (χ3n) is 6.53. The van der Waals surface area contributed by atoms with Crippen molar-refractivity contribution in [2.45, 2.75) is 26.1 Å². The van der Waals surface area contributed by atoms with Gasteiger partial charge in [-0.1, -0.05) is 18.2 Å². The van der Waals surface area contributed by atoms with E-state index < -0.39 is 23.8 Å². The molecule has 0 radical (unpaired) electrons. The van der Waals surface area contributed by atoms with Crippen LogP contribution < -0.4 is 10.2 Å². The monoisotopic (exact) mass is 528 g/mol. The third-order valence-corrected chi connectivity index (χ3v) is 6.53. The second-order valence-corrected chi connectivity index (χ2v) is 9.32. The van der Waals surface area contributed by atoms with Crippen molar-refractivity contribution in [1.29, 1.82) is 0 Å². The summed E-state index contributed by atoms with van der Waals surface area (Å²) in [5.74, 6) is -0.227. The number of carbonyl (C=O) groups excluding carboxylic acids is 1. The number of morpholine rings is 1. The van der Waals surface area contributed by atoms with Crippen LogP contribution in [-0.2, 0) is 10.9 Å². The maximum Gasteiger partial charge on any atom is 0.434 e. The number of imidazole rings is 1. The molecular formula is C26H27F3N6O3. The van der Waals surface area contributed by atoms with Crippen molar-refractivity contribution < 1.29 is 27.9 Å². The average molecular weight is 529 g/mol. The predicted octanol–water partition coefficient (Wildman–Crippen LogP) is 4.68. The molecule has 2 N–H and O–H groups in total. The first-order chi connectivity index (χ1) is 18.0. The second kappa shape index (κ2) is 9.76. The molecule has 0 saturated carbocycles. The van der Waals surface area contributed by atoms with Gasteiger partial charge in [0.2, 0.25) is 5.95 Å². The van der Waals surface area contributed by atoms with Crippen molar-refractivity contribution in [1.82, 2.24) is 19.4 Å². The van der Waals surface area contributed by atoms with Crippen LogP contribution in [-0.4, -0.2) is 63.9 Å². The maximum atomic E-state index is 13.7. The van der Waals surface area contributed by atoms with Crippen LogP contribution in [0.2, 0.25) is 0 Å². The number of alkyl halides is 3. The van der Waals surface area contributed by atoms with Crippen LogP contribution in [0, 0.1) is 6.92 Å². The molecule has 3 heterocycles. The van der Waals surface area contributed by atoms with Gasteiger partial charge in [0.05, 0.1) is 30.3 Å². The molecule has 2 aromatic carbocycles. The minimum atomic E-state index is -4.61. The Morgan fingerprint density at radius 2 is 1.89 bits per heavy atom. The van der Waals surface area contributed by atoms with E-state index in [1.54, 1.807) is 30.3 Å². The van der Waals surface area contributed by atoms with E-state index in [1.807, 2.05) is 24.8 Å². The Bertz CT molecular complexity index is 1510. The Labute approximate surface area is 216 Å². The zero-order valence-corrected chi connectivity index (χ0v) is 21.1. The van der Waals surface area contributed by atoms with Gasteiger partial charge in [-0.05, 0) is 37.6 Å². The number of hydrogen-bond acceptors (Lipinski definition) is 7. The zero-order valence-electron chi connectivity index (χ0n) is 21.1. The maximum absolute atomic E-state index is 13.7. The van der Waals surface area contributed by atoms with Crippen LogP contribution in [0.25, 0.3) is 16.6 Å². The van der Waals surface area contributed by atoms with Crippen molar-refractivity contribution in [3.63, 3.8) is 0 Å². The summed E-state index contributed by atoms with van der Waals surface area (Å²) in [6.45, 7) is 5.56. The summed E-state index contributed by atoms with van der Waals surface area (Å²) in [4.78, 5) is 23.3. The third kappa shape index (κ3) is 4.72. The Morgan fingerprint density at radius 3 is 2.58 bits per heavy atom. The average Bonchev–Trinajstić information content (AvgIpc) is 3.35. The van der Waals surface area contributed by atoms with E-state index >= 15 is 0 Å². The van der Waals surface area contributed by atoms with Gasteiger partial charge in [0.15, 0.2) is 5.69 Å². The number of aryl methyl sites for hydroxylation is 1. The number of para-hydroxylation sites is 1. The number of ether oxygens (including phenoxy) is 1. The van der Waals surface area contributed by atoms with E-state index in [2.05, 4.69) is 10.3 Å². The number of nitrogens with one attached hydrogen (secondary N) is 1. The van der Waals surface area contributed by atoms with E-state index in [1.165, 1.54) is 11.4 Å². The van der Waals surface area contributed by atoms with Gasteiger partial charge < -0.3 is 15.0 Å². The number of halogens is 3. The zero-order chi connectivity index (χ0) is 27.2. The minimum Gasteiger partial charge on any atom is -0.378 e. The van der Waals surface area contributed by atoms with Crippen molar-refractivity contribution in [3.8, 4) is 0 Å². The normalized spacial score (nSPS) is 15.2. The number of benzene rings is 2. The fourth-order valence-corrected chi connectivity index (χ4v) is 4.71. The summed E-state index contributed by atoms with van der Waals surface area (Å²) >= 11 is 0. The molecule has 4 aromatic rings. The van der Waals surface area contributed by atoms with E-state index in [-0.39, 0.29) is 11.2 Å². The standard InChI is InChI=1S/C26H27F3N6O3/c1-15-12-18(16(2)30-20-7-5-4-6-17(20)24(36)33(3)37)22-19(13-15)23-31-21(26(27,28)29)14-35(23)25(32-22)34-8-10-38-11-9-34/h4-7,12-14,16,30,37H,8-11H2,1-3H3/t16-/m1/s1. The van der Waals surface area contributed by atoms with Gasteiger partial charge in [0, 0.05) is 43.0 Å². The lowest BCUT2D eigenvalue weighted by Crippen LogP contribution is -2.38. The molecular weight excluding hydrogens is 501 g/mol. The molecule has 9 nitrogen and oxygen atoms in total. The fourth-order valence-electron chi connectivity index (χ4n) is 4.71. The highest BCUT2D eigenvalue weighted by atomic mass is 19.4. The van der Waals surface area contributed by atoms with E-state index in [9.17, 15) is 23.2 Å². The van der Waals surface area contributed by atoms with Gasteiger partial charge in [-0.3, -0.25) is 14.4 Å². The van der Waals surface area contributed by atoms with Crippen LogP contribution in [0.4, 0.5) is 24.8 Å². The molecule has 0 unspecified atom stereocenters. The Hall–Kier alpha value is -3.90. The lowest BCUT2D eigenvalue weighted by Gasteiger charge is -2.29. The fraction of sp³-hybridized carbons (Fsp3) is 0.346. The largest absolute Gasteiger partial charge is 0.434 e. The molecule has 12 heteroatoms. The van der Waals surface area contributed by atoms with Gasteiger partial charge in [-0.25, -0.2) is 15.0 Å². The molecule has 38 heavy (non-hydrogen) atoms. The van der Waals surface area contributed by atoms with E-state index in [0.29, 0.717) is 53.9 Å². The molecule has 1 fully saturated rings. The van der Waals surface area contributed by atoms with Gasteiger partial charge >= 0.3 is 6.18 Å². The lowest BCUT2D eigenvalue weighted by molar-refractivity contribution is -0.140. The molecule has 1 aliphatic rings. The van der Waals surface area contributed by atoms with Crippen LogP contribution in [0.5, 0.6) is 0 Å². The predicted molar refractivity (Wildman–Crippen MR) is 136 cm³/mol. The first-order valence-electron chi connectivity index (χ1n) is 12.1. The Kier molecular flexibility index (Phi) is 6.61. The van der Waals surface area contributed by atoms with Gasteiger partial charge in [-0.15, -0.1) is 0 Å². The highest BCUT2D eigenvalue weighted by Crippen LogP contribution is 2.35. The van der Waals surface area contributed by atoms with Crippen LogP contribution in [0.15, 0.2) is 42.6 Å². The SMILES string of the molecule is Cc1cc([C@@H](C)Nc2ccccc2C(=O)N(C)O)c2nc(N3CCOCC3)n3cc(C(F)(F)F)nc3c2c1. The van der Waals surface area contributed by atoms with Crippen LogP contribution >= 0.6 is 0 Å². The molecule has 1 atom stereocenters. The first kappa shape index (κ1) is 25.7. The number of rotatable bonds is 5. The Morgan fingerprint density at radius 1 is 1.18 bits per heavy atom. The molecule has 2 aromatic heterocycles. The number of carbonyl (C=O) groups is 1. The number of nitrogens with zero attached hydrogens (tertiary/aromatic N) is 5. The molecule has 1 amide bonds. The summed E-state index contributed by atoms with van der Waals surface area (Å²) < 4.78 is 47.9. The van der Waals surface area contributed by atoms with Gasteiger partial charge in [-0.2, -0.15) is 13.2 Å². The highest BCUT2D eigenvalue weighted by molar-refractivity contribution is 5.99. The van der Waals surface area contributed by atoms with E-state index in [4.69, 9.17) is 9.72 Å². The van der Waals surface area contributed by atoms with E-state index in [0.717, 1.165) is 17.3 Å². The number of anilines is 2. The topological polar surface area (TPSA) is 95.2 Å². The molecule has 200 valence electrons. The molecule has 1 aliphatic heterocycles. The summed E-state index contributed by atoms with van der Waals surface area (Å²) in [7, 11) is 1.25. The summed E-state index contributed by atoms with van der Waals surface area (Å²) in [5.41, 5.74) is 2.00. The number of amides is 1. The van der Waals surface area contributed by atoms with Crippen molar-refractivity contribution >= 4 is 34.1 Å². The molecule has 0 bridgehead atoms. The number of fused-ring (bicyclic) bond motifs is 3. The van der Waals surface area contributed by atoms with Gasteiger partial charge in [0.1, 0.15) is 5.65 Å².